The zero-order valence-corrected chi connectivity index (χ0v) is 11.2. The van der Waals surface area contributed by atoms with E-state index in [-0.39, 0.29) is 24.5 Å². The topological polar surface area (TPSA) is 53.0 Å². The number of hydrogen-bond acceptors (Lipinski definition) is 4. The van der Waals surface area contributed by atoms with Crippen molar-refractivity contribution in [3.63, 3.8) is 0 Å². The van der Waals surface area contributed by atoms with Gasteiger partial charge in [0.1, 0.15) is 0 Å². The first kappa shape index (κ1) is 13.8. The molecule has 2 unspecified atom stereocenters. The Morgan fingerprint density at radius 3 is 2.67 bits per heavy atom. The van der Waals surface area contributed by atoms with Crippen LogP contribution in [0.2, 0.25) is 0 Å². The van der Waals surface area contributed by atoms with Crippen molar-refractivity contribution in [1.29, 1.82) is 0 Å². The summed E-state index contributed by atoms with van der Waals surface area (Å²) in [5, 5.41) is 8.89. The zero-order chi connectivity index (χ0) is 13.0. The molecule has 0 saturated carbocycles. The summed E-state index contributed by atoms with van der Waals surface area (Å²) in [6.07, 6.45) is 1.91. The van der Waals surface area contributed by atoms with Crippen molar-refractivity contribution in [2.75, 3.05) is 45.9 Å². The van der Waals surface area contributed by atoms with Crippen LogP contribution >= 0.6 is 0 Å². The van der Waals surface area contributed by atoms with Crippen molar-refractivity contribution < 1.29 is 14.6 Å². The molecule has 18 heavy (non-hydrogen) atoms. The molecule has 0 aromatic carbocycles. The molecule has 104 valence electrons. The summed E-state index contributed by atoms with van der Waals surface area (Å²) < 4.78 is 5.60. The molecule has 2 fully saturated rings. The quantitative estimate of drug-likeness (QED) is 0.765. The van der Waals surface area contributed by atoms with Crippen LogP contribution in [0.25, 0.3) is 0 Å². The number of aliphatic hydroxyl groups excluding tert-OH is 1. The van der Waals surface area contributed by atoms with Gasteiger partial charge < -0.3 is 14.7 Å². The second-order valence-corrected chi connectivity index (χ2v) is 5.10. The highest BCUT2D eigenvalue weighted by Crippen LogP contribution is 2.25. The van der Waals surface area contributed by atoms with E-state index in [0.717, 1.165) is 45.6 Å². The molecule has 5 nitrogen and oxygen atoms in total. The lowest BCUT2D eigenvalue weighted by molar-refractivity contribution is -0.139. The van der Waals surface area contributed by atoms with Gasteiger partial charge in [-0.05, 0) is 12.8 Å². The first-order valence-corrected chi connectivity index (χ1v) is 7.00. The maximum atomic E-state index is 12.4. The molecular weight excluding hydrogens is 232 g/mol. The fraction of sp³-hybridized carbons (Fsp3) is 0.923. The summed E-state index contributed by atoms with van der Waals surface area (Å²) in [6.45, 7) is 7.02. The van der Waals surface area contributed by atoms with Crippen molar-refractivity contribution in [3.05, 3.63) is 0 Å². The SMILES string of the molecule is CCC1OCCC1C(=O)N1CCN(CCO)CC1. The standard InChI is InChI=1S/C13H24N2O3/c1-2-12-11(3-10-18-12)13(17)15-6-4-14(5-7-15)8-9-16/h11-12,16H,2-10H2,1H3. The summed E-state index contributed by atoms with van der Waals surface area (Å²) in [7, 11) is 0. The van der Waals surface area contributed by atoms with E-state index >= 15 is 0 Å². The molecule has 0 aromatic heterocycles. The molecule has 0 bridgehead atoms. The van der Waals surface area contributed by atoms with Crippen LogP contribution in [-0.2, 0) is 9.53 Å². The zero-order valence-electron chi connectivity index (χ0n) is 11.2. The van der Waals surface area contributed by atoms with Crippen LogP contribution in [-0.4, -0.2) is 72.9 Å². The van der Waals surface area contributed by atoms with Crippen LogP contribution in [0, 0.1) is 5.92 Å². The molecule has 0 radical (unpaired) electrons. The number of nitrogens with zero attached hydrogens (tertiary/aromatic N) is 2. The van der Waals surface area contributed by atoms with Gasteiger partial charge in [-0.25, -0.2) is 0 Å². The van der Waals surface area contributed by atoms with Gasteiger partial charge in [0.05, 0.1) is 18.6 Å². The molecule has 1 N–H and O–H groups in total. The number of aliphatic hydroxyl groups is 1. The molecule has 1 amide bonds. The summed E-state index contributed by atoms with van der Waals surface area (Å²) in [5.41, 5.74) is 0. The van der Waals surface area contributed by atoms with Crippen molar-refractivity contribution in [1.82, 2.24) is 9.80 Å². The third kappa shape index (κ3) is 3.02. The molecule has 2 saturated heterocycles. The Kier molecular flexibility index (Phi) is 4.97. The van der Waals surface area contributed by atoms with Gasteiger partial charge in [0.25, 0.3) is 0 Å². The van der Waals surface area contributed by atoms with E-state index in [4.69, 9.17) is 9.84 Å². The van der Waals surface area contributed by atoms with E-state index in [0.29, 0.717) is 6.54 Å². The van der Waals surface area contributed by atoms with E-state index in [1.165, 1.54) is 0 Å². The van der Waals surface area contributed by atoms with Crippen LogP contribution in [0.4, 0.5) is 0 Å². The van der Waals surface area contributed by atoms with E-state index < -0.39 is 0 Å². The monoisotopic (exact) mass is 256 g/mol. The van der Waals surface area contributed by atoms with Gasteiger partial charge >= 0.3 is 0 Å². The highest BCUT2D eigenvalue weighted by molar-refractivity contribution is 5.79. The Labute approximate surface area is 109 Å². The summed E-state index contributed by atoms with van der Waals surface area (Å²) in [5.74, 6) is 0.336. The highest BCUT2D eigenvalue weighted by atomic mass is 16.5. The number of rotatable bonds is 4. The largest absolute Gasteiger partial charge is 0.395 e. The summed E-state index contributed by atoms with van der Waals surface area (Å²) in [6, 6.07) is 0. The molecule has 2 aliphatic rings. The highest BCUT2D eigenvalue weighted by Gasteiger charge is 2.36. The van der Waals surface area contributed by atoms with E-state index in [1.54, 1.807) is 0 Å². The van der Waals surface area contributed by atoms with Crippen molar-refractivity contribution in [3.8, 4) is 0 Å². The lowest BCUT2D eigenvalue weighted by Crippen LogP contribution is -2.51. The lowest BCUT2D eigenvalue weighted by atomic mass is 9.97. The summed E-state index contributed by atoms with van der Waals surface area (Å²) in [4.78, 5) is 16.6. The van der Waals surface area contributed by atoms with Gasteiger partial charge in [0.2, 0.25) is 5.91 Å². The smallest absolute Gasteiger partial charge is 0.228 e. The molecular formula is C13H24N2O3. The third-order valence-corrected chi connectivity index (χ3v) is 4.03. The minimum absolute atomic E-state index is 0.0689. The maximum Gasteiger partial charge on any atom is 0.228 e. The van der Waals surface area contributed by atoms with Crippen LogP contribution in [0.5, 0.6) is 0 Å². The normalized spacial score (nSPS) is 29.8. The Morgan fingerprint density at radius 2 is 2.06 bits per heavy atom. The van der Waals surface area contributed by atoms with E-state index in [1.807, 2.05) is 4.90 Å². The number of β-amino-alcohol motifs (C(OH)–C–C–N with tert-alkyl or cyclic N) is 1. The van der Waals surface area contributed by atoms with Crippen LogP contribution < -0.4 is 0 Å². The Balaban J connectivity index is 1.83. The average molecular weight is 256 g/mol. The number of ether oxygens (including phenoxy) is 1. The molecule has 2 atom stereocenters. The maximum absolute atomic E-state index is 12.4. The minimum atomic E-state index is 0.0689. The lowest BCUT2D eigenvalue weighted by Gasteiger charge is -2.36. The second kappa shape index (κ2) is 6.50. The molecule has 2 rings (SSSR count). The number of carbonyl (C=O) groups excluding carboxylic acids is 1. The predicted octanol–water partition coefficient (Wildman–Crippen LogP) is -0.0620. The Morgan fingerprint density at radius 1 is 1.33 bits per heavy atom. The number of hydrogen-bond donors (Lipinski definition) is 1. The molecule has 0 aliphatic carbocycles. The molecule has 5 heteroatoms. The number of carbonyl (C=O) groups is 1. The fourth-order valence-corrected chi connectivity index (χ4v) is 2.90. The Hall–Kier alpha value is -0.650. The van der Waals surface area contributed by atoms with Crippen molar-refractivity contribution >= 4 is 5.91 Å². The van der Waals surface area contributed by atoms with Crippen LogP contribution in [0.15, 0.2) is 0 Å². The molecule has 0 spiro atoms. The van der Waals surface area contributed by atoms with Crippen LogP contribution in [0.3, 0.4) is 0 Å². The van der Waals surface area contributed by atoms with Crippen LogP contribution in [0.1, 0.15) is 19.8 Å². The van der Waals surface area contributed by atoms with Crippen molar-refractivity contribution in [2.45, 2.75) is 25.9 Å². The summed E-state index contributed by atoms with van der Waals surface area (Å²) >= 11 is 0. The van der Waals surface area contributed by atoms with Gasteiger partial charge in [-0.3, -0.25) is 9.69 Å². The van der Waals surface area contributed by atoms with Gasteiger partial charge in [0.15, 0.2) is 0 Å². The second-order valence-electron chi connectivity index (χ2n) is 5.10. The van der Waals surface area contributed by atoms with E-state index in [9.17, 15) is 4.79 Å². The fourth-order valence-electron chi connectivity index (χ4n) is 2.90. The average Bonchev–Trinajstić information content (AvgIpc) is 2.87. The number of piperazine rings is 1. The van der Waals surface area contributed by atoms with Gasteiger partial charge in [-0.1, -0.05) is 6.92 Å². The molecule has 0 aromatic rings. The number of amides is 1. The minimum Gasteiger partial charge on any atom is -0.395 e. The first-order chi connectivity index (χ1) is 8.76. The third-order valence-electron chi connectivity index (χ3n) is 4.03. The molecule has 2 heterocycles. The molecule has 2 aliphatic heterocycles. The first-order valence-electron chi connectivity index (χ1n) is 7.00. The van der Waals surface area contributed by atoms with Gasteiger partial charge in [-0.2, -0.15) is 0 Å². The predicted molar refractivity (Wildman–Crippen MR) is 68.2 cm³/mol. The van der Waals surface area contributed by atoms with Gasteiger partial charge in [0, 0.05) is 39.3 Å². The van der Waals surface area contributed by atoms with Crippen molar-refractivity contribution in [2.24, 2.45) is 5.92 Å². The van der Waals surface area contributed by atoms with Gasteiger partial charge in [-0.15, -0.1) is 0 Å². The van der Waals surface area contributed by atoms with E-state index in [2.05, 4.69) is 11.8 Å². The Bertz CT molecular complexity index is 277.